The number of nitrogens with zero attached hydrogens (tertiary/aromatic N) is 3. The number of likely N-dealkylation sites (N-methyl/N-ethyl adjacent to an activating group) is 1. The summed E-state index contributed by atoms with van der Waals surface area (Å²) in [7, 11) is -5.67. The number of ether oxygens (including phenoxy) is 2. The van der Waals surface area contributed by atoms with Gasteiger partial charge >= 0.3 is 5.69 Å². The lowest BCUT2D eigenvalue weighted by atomic mass is 10.2. The van der Waals surface area contributed by atoms with E-state index in [1.54, 1.807) is 0 Å². The fraction of sp³-hybridized carbons (Fsp3) is 0.588. The maximum Gasteiger partial charge on any atom is 0.312 e. The predicted octanol–water partition coefficient (Wildman–Crippen LogP) is -0.360. The van der Waals surface area contributed by atoms with Crippen LogP contribution in [0, 0.1) is 10.1 Å². The Hall–Kier alpha value is -2.29. The Morgan fingerprint density at radius 3 is 2.61 bits per heavy atom. The summed E-state index contributed by atoms with van der Waals surface area (Å²) < 4.78 is 60.2. The van der Waals surface area contributed by atoms with E-state index < -0.39 is 49.0 Å². The highest BCUT2D eigenvalue weighted by Gasteiger charge is 2.33. The number of nitro groups is 1. The summed E-state index contributed by atoms with van der Waals surface area (Å²) in [5.74, 6) is -0.933. The van der Waals surface area contributed by atoms with Gasteiger partial charge in [-0.05, 0) is 18.6 Å². The smallest absolute Gasteiger partial charge is 0.312 e. The number of sulfone groups is 1. The van der Waals surface area contributed by atoms with Gasteiger partial charge in [0.1, 0.15) is 0 Å². The maximum atomic E-state index is 12.7. The van der Waals surface area contributed by atoms with Crippen LogP contribution in [0.4, 0.5) is 5.69 Å². The predicted molar refractivity (Wildman–Crippen MR) is 108 cm³/mol. The van der Waals surface area contributed by atoms with Crippen LogP contribution >= 0.6 is 0 Å². The van der Waals surface area contributed by atoms with Gasteiger partial charge < -0.3 is 14.4 Å². The molecule has 0 unspecified atom stereocenters. The molecule has 2 aliphatic heterocycles. The summed E-state index contributed by atoms with van der Waals surface area (Å²) in [6.07, 6.45) is 0.318. The van der Waals surface area contributed by atoms with E-state index in [0.717, 1.165) is 12.1 Å². The largest absolute Gasteiger partial charge is 0.477 e. The van der Waals surface area contributed by atoms with Crippen LogP contribution in [0.3, 0.4) is 0 Å². The first-order chi connectivity index (χ1) is 14.5. The van der Waals surface area contributed by atoms with E-state index in [0.29, 0.717) is 6.42 Å². The van der Waals surface area contributed by atoms with E-state index in [4.69, 9.17) is 9.47 Å². The first-order valence-electron chi connectivity index (χ1n) is 9.46. The van der Waals surface area contributed by atoms with Gasteiger partial charge in [0, 0.05) is 32.2 Å². The van der Waals surface area contributed by atoms with Crippen molar-refractivity contribution < 1.29 is 36.0 Å². The van der Waals surface area contributed by atoms with E-state index in [1.807, 2.05) is 0 Å². The van der Waals surface area contributed by atoms with Crippen molar-refractivity contribution in [3.05, 3.63) is 28.3 Å². The Morgan fingerprint density at radius 2 is 2.03 bits per heavy atom. The maximum absolute atomic E-state index is 12.7. The molecule has 1 aromatic carbocycles. The lowest BCUT2D eigenvalue weighted by molar-refractivity contribution is -0.386. The average Bonchev–Trinajstić information content (AvgIpc) is 3.11. The molecular weight excluding hydrogens is 454 g/mol. The van der Waals surface area contributed by atoms with Crippen molar-refractivity contribution in [2.24, 2.45) is 0 Å². The van der Waals surface area contributed by atoms with Gasteiger partial charge in [0.15, 0.2) is 22.2 Å². The first kappa shape index (κ1) is 23.4. The highest BCUT2D eigenvalue weighted by atomic mass is 32.2. The molecule has 172 valence electrons. The van der Waals surface area contributed by atoms with Crippen LogP contribution in [0.1, 0.15) is 6.42 Å². The second kappa shape index (κ2) is 9.06. The van der Waals surface area contributed by atoms with Crippen molar-refractivity contribution in [2.75, 3.05) is 51.5 Å². The van der Waals surface area contributed by atoms with Crippen molar-refractivity contribution in [1.29, 1.82) is 0 Å². The fourth-order valence-electron chi connectivity index (χ4n) is 3.38. The Labute approximate surface area is 179 Å². The molecule has 0 radical (unpaired) electrons. The molecule has 2 heterocycles. The lowest BCUT2D eigenvalue weighted by Crippen LogP contribution is -2.40. The number of rotatable bonds is 7. The lowest BCUT2D eigenvalue weighted by Gasteiger charge is -2.26. The minimum absolute atomic E-state index is 0.000689. The SMILES string of the molecule is CN(C(=O)COc1ccc(S(=O)(=O)N2CCOCC2)cc1[N+](=O)[O-])[C@H]1CCS(=O)(=O)C1. The zero-order chi connectivity index (χ0) is 22.8. The third kappa shape index (κ3) is 5.31. The van der Waals surface area contributed by atoms with Crippen molar-refractivity contribution in [3.8, 4) is 5.75 Å². The molecule has 31 heavy (non-hydrogen) atoms. The van der Waals surface area contributed by atoms with Crippen molar-refractivity contribution >= 4 is 31.5 Å². The highest BCUT2D eigenvalue weighted by Crippen LogP contribution is 2.31. The Bertz CT molecular complexity index is 1070. The molecule has 0 saturated carbocycles. The van der Waals surface area contributed by atoms with Crippen LogP contribution in [-0.4, -0.2) is 94.4 Å². The van der Waals surface area contributed by atoms with Crippen molar-refractivity contribution in [3.63, 3.8) is 0 Å². The van der Waals surface area contributed by atoms with E-state index in [9.17, 15) is 31.7 Å². The highest BCUT2D eigenvalue weighted by molar-refractivity contribution is 7.91. The minimum atomic E-state index is -3.94. The normalized spacial score (nSPS) is 21.5. The summed E-state index contributed by atoms with van der Waals surface area (Å²) in [5.41, 5.74) is -0.590. The van der Waals surface area contributed by atoms with E-state index in [-0.39, 0.29) is 48.5 Å². The van der Waals surface area contributed by atoms with E-state index in [2.05, 4.69) is 0 Å². The van der Waals surface area contributed by atoms with Crippen LogP contribution in [0.15, 0.2) is 23.1 Å². The second-order valence-electron chi connectivity index (χ2n) is 7.25. The van der Waals surface area contributed by atoms with Crippen LogP contribution in [-0.2, 0) is 29.4 Å². The van der Waals surface area contributed by atoms with Crippen molar-refractivity contribution in [2.45, 2.75) is 17.4 Å². The second-order valence-corrected chi connectivity index (χ2v) is 11.4. The number of carbonyl (C=O) groups is 1. The fourth-order valence-corrected chi connectivity index (χ4v) is 6.59. The molecule has 3 rings (SSSR count). The number of sulfonamides is 1. The summed E-state index contributed by atoms with van der Waals surface area (Å²) in [4.78, 5) is 24.0. The third-order valence-corrected chi connectivity index (χ3v) is 8.88. The molecule has 1 aromatic rings. The summed E-state index contributed by atoms with van der Waals surface area (Å²) in [6, 6.07) is 2.75. The van der Waals surface area contributed by atoms with Gasteiger partial charge in [-0.2, -0.15) is 4.31 Å². The standard InChI is InChI=1S/C17H23N3O9S2/c1-18(13-4-9-30(24,25)12-13)17(21)11-29-16-3-2-14(10-15(16)20(22)23)31(26,27)19-5-7-28-8-6-19/h2-3,10,13H,4-9,11-12H2,1H3/t13-/m0/s1. The molecule has 2 fully saturated rings. The number of nitro benzene ring substituents is 1. The van der Waals surface area contributed by atoms with Crippen LogP contribution in [0.25, 0.3) is 0 Å². The van der Waals surface area contributed by atoms with Gasteiger partial charge in [0.2, 0.25) is 10.0 Å². The topological polar surface area (TPSA) is 153 Å². The summed E-state index contributed by atoms with van der Waals surface area (Å²) >= 11 is 0. The molecule has 1 atom stereocenters. The molecule has 0 N–H and O–H groups in total. The Balaban J connectivity index is 1.73. The van der Waals surface area contributed by atoms with Gasteiger partial charge in [0.25, 0.3) is 5.91 Å². The van der Waals surface area contributed by atoms with Gasteiger partial charge in [0.05, 0.1) is 34.5 Å². The zero-order valence-corrected chi connectivity index (χ0v) is 18.4. The van der Waals surface area contributed by atoms with Crippen molar-refractivity contribution in [1.82, 2.24) is 9.21 Å². The Morgan fingerprint density at radius 1 is 1.35 bits per heavy atom. The number of hydrogen-bond donors (Lipinski definition) is 0. The molecule has 0 bridgehead atoms. The zero-order valence-electron chi connectivity index (χ0n) is 16.8. The number of carbonyl (C=O) groups excluding carboxylic acids is 1. The average molecular weight is 478 g/mol. The van der Waals surface area contributed by atoms with Gasteiger partial charge in [-0.25, -0.2) is 16.8 Å². The quantitative estimate of drug-likeness (QED) is 0.378. The van der Waals surface area contributed by atoms with E-state index in [1.165, 1.54) is 22.3 Å². The number of hydrogen-bond acceptors (Lipinski definition) is 9. The Kier molecular flexibility index (Phi) is 6.83. The van der Waals surface area contributed by atoms with Crippen LogP contribution in [0.2, 0.25) is 0 Å². The molecule has 2 saturated heterocycles. The third-order valence-electron chi connectivity index (χ3n) is 5.24. The first-order valence-corrected chi connectivity index (χ1v) is 12.7. The van der Waals surface area contributed by atoms with Gasteiger partial charge in [-0.1, -0.05) is 0 Å². The number of benzene rings is 1. The molecular formula is C17H23N3O9S2. The van der Waals surface area contributed by atoms with Gasteiger partial charge in [-0.15, -0.1) is 0 Å². The molecule has 1 amide bonds. The molecule has 14 heteroatoms. The van der Waals surface area contributed by atoms with Gasteiger partial charge in [-0.3, -0.25) is 14.9 Å². The summed E-state index contributed by atoms with van der Waals surface area (Å²) in [6.45, 7) is 0.211. The number of morpholine rings is 1. The summed E-state index contributed by atoms with van der Waals surface area (Å²) in [5, 5.41) is 11.5. The molecule has 2 aliphatic rings. The van der Waals surface area contributed by atoms with E-state index >= 15 is 0 Å². The molecule has 12 nitrogen and oxygen atoms in total. The van der Waals surface area contributed by atoms with Crippen LogP contribution < -0.4 is 4.74 Å². The van der Waals surface area contributed by atoms with Crippen LogP contribution in [0.5, 0.6) is 5.75 Å². The number of amides is 1. The minimum Gasteiger partial charge on any atom is -0.477 e. The molecule has 0 aliphatic carbocycles. The molecule has 0 spiro atoms. The monoisotopic (exact) mass is 477 g/mol. The molecule has 0 aromatic heterocycles.